The Morgan fingerprint density at radius 2 is 2.07 bits per heavy atom. The molecule has 1 saturated heterocycles. The molecule has 1 fully saturated rings. The zero-order valence-corrected chi connectivity index (χ0v) is 14.6. The van der Waals surface area contributed by atoms with Crippen molar-refractivity contribution in [3.63, 3.8) is 0 Å². The predicted octanol–water partition coefficient (Wildman–Crippen LogP) is -0.728. The molecule has 0 unspecified atom stereocenters. The summed E-state index contributed by atoms with van der Waals surface area (Å²) >= 11 is 0. The Kier molecular flexibility index (Phi) is 6.64. The molecule has 0 amide bonds. The minimum atomic E-state index is -1.97. The summed E-state index contributed by atoms with van der Waals surface area (Å²) in [5.41, 5.74) is -1.70. The SMILES string of the molecule is CC(=O)OC[C@H]1O[C@@H](n2cc(/C=C/CO)c(=O)[nH]c2=O)[C@H](F)[C@@H]1OC(C)=O. The third kappa shape index (κ3) is 4.89. The van der Waals surface area contributed by atoms with Crippen molar-refractivity contribution in [2.24, 2.45) is 0 Å². The highest BCUT2D eigenvalue weighted by Gasteiger charge is 2.49. The van der Waals surface area contributed by atoms with Crippen LogP contribution in [-0.2, 0) is 23.8 Å². The van der Waals surface area contributed by atoms with E-state index in [1.165, 1.54) is 12.2 Å². The van der Waals surface area contributed by atoms with Crippen LogP contribution in [0.15, 0.2) is 21.9 Å². The van der Waals surface area contributed by atoms with Crippen molar-refractivity contribution in [3.05, 3.63) is 38.7 Å². The van der Waals surface area contributed by atoms with E-state index >= 15 is 0 Å². The van der Waals surface area contributed by atoms with E-state index in [9.17, 15) is 23.6 Å². The molecule has 1 aromatic heterocycles. The number of ether oxygens (including phenoxy) is 3. The van der Waals surface area contributed by atoms with Gasteiger partial charge in [0.1, 0.15) is 12.7 Å². The first kappa shape index (κ1) is 20.5. The van der Waals surface area contributed by atoms with Gasteiger partial charge in [0, 0.05) is 20.0 Å². The lowest BCUT2D eigenvalue weighted by Crippen LogP contribution is -2.38. The Bertz CT molecular complexity index is 846. The molecule has 0 aromatic carbocycles. The molecule has 11 heteroatoms. The van der Waals surface area contributed by atoms with Crippen LogP contribution in [0.25, 0.3) is 6.08 Å². The Morgan fingerprint density at radius 1 is 1.37 bits per heavy atom. The predicted molar refractivity (Wildman–Crippen MR) is 88.4 cm³/mol. The van der Waals surface area contributed by atoms with Gasteiger partial charge in [-0.1, -0.05) is 6.08 Å². The third-order valence-corrected chi connectivity index (χ3v) is 3.69. The molecule has 1 aliphatic heterocycles. The second-order valence-corrected chi connectivity index (χ2v) is 5.72. The van der Waals surface area contributed by atoms with E-state index < -0.39 is 47.8 Å². The maximum atomic E-state index is 14.9. The fourth-order valence-electron chi connectivity index (χ4n) is 2.57. The number of rotatable bonds is 6. The summed E-state index contributed by atoms with van der Waals surface area (Å²) in [6.45, 7) is 1.49. The molecule has 2 heterocycles. The number of aliphatic hydroxyl groups is 1. The Hall–Kier alpha value is -2.79. The van der Waals surface area contributed by atoms with Gasteiger partial charge in [0.05, 0.1) is 12.2 Å². The van der Waals surface area contributed by atoms with Gasteiger partial charge in [-0.25, -0.2) is 9.18 Å². The first-order chi connectivity index (χ1) is 12.7. The van der Waals surface area contributed by atoms with E-state index in [0.29, 0.717) is 0 Å². The third-order valence-electron chi connectivity index (χ3n) is 3.69. The number of nitrogens with one attached hydrogen (secondary N) is 1. The van der Waals surface area contributed by atoms with Crippen molar-refractivity contribution in [2.45, 2.75) is 38.5 Å². The summed E-state index contributed by atoms with van der Waals surface area (Å²) in [4.78, 5) is 48.1. The number of carbonyl (C=O) groups excluding carboxylic acids is 2. The van der Waals surface area contributed by atoms with Crippen molar-refractivity contribution in [1.29, 1.82) is 0 Å². The zero-order valence-electron chi connectivity index (χ0n) is 14.6. The second-order valence-electron chi connectivity index (χ2n) is 5.72. The van der Waals surface area contributed by atoms with Crippen molar-refractivity contribution in [1.82, 2.24) is 9.55 Å². The molecule has 148 valence electrons. The largest absolute Gasteiger partial charge is 0.463 e. The van der Waals surface area contributed by atoms with Gasteiger partial charge in [-0.15, -0.1) is 0 Å². The topological polar surface area (TPSA) is 137 Å². The lowest BCUT2D eigenvalue weighted by molar-refractivity contribution is -0.156. The zero-order chi connectivity index (χ0) is 20.1. The minimum absolute atomic E-state index is 0.0214. The molecule has 4 atom stereocenters. The number of nitrogens with zero attached hydrogens (tertiary/aromatic N) is 1. The van der Waals surface area contributed by atoms with Gasteiger partial charge in [-0.05, 0) is 6.08 Å². The van der Waals surface area contributed by atoms with E-state index in [1.54, 1.807) is 0 Å². The lowest BCUT2D eigenvalue weighted by atomic mass is 10.1. The molecule has 0 saturated carbocycles. The fourth-order valence-corrected chi connectivity index (χ4v) is 2.57. The van der Waals surface area contributed by atoms with E-state index in [4.69, 9.17) is 19.3 Å². The minimum Gasteiger partial charge on any atom is -0.463 e. The maximum Gasteiger partial charge on any atom is 0.330 e. The molecular formula is C16H19FN2O8. The van der Waals surface area contributed by atoms with Crippen LogP contribution in [0, 0.1) is 0 Å². The number of aromatic nitrogens is 2. The molecule has 2 rings (SSSR count). The number of esters is 2. The van der Waals surface area contributed by atoms with E-state index in [-0.39, 0.29) is 18.8 Å². The van der Waals surface area contributed by atoms with Crippen LogP contribution in [0.3, 0.4) is 0 Å². The maximum absolute atomic E-state index is 14.9. The van der Waals surface area contributed by atoms with Crippen molar-refractivity contribution in [3.8, 4) is 0 Å². The van der Waals surface area contributed by atoms with Gasteiger partial charge >= 0.3 is 17.6 Å². The average molecular weight is 386 g/mol. The highest BCUT2D eigenvalue weighted by atomic mass is 19.1. The van der Waals surface area contributed by atoms with Gasteiger partial charge in [-0.2, -0.15) is 0 Å². The standard InChI is InChI=1S/C16H19FN2O8/c1-8(21)25-7-11-13(26-9(2)22)12(17)15(27-11)19-6-10(4-3-5-20)14(23)18-16(19)24/h3-4,6,11-13,15,20H,5,7H2,1-2H3,(H,18,23,24)/b4-3+/t11-,12-,13-,15-/m1/s1. The number of carbonyl (C=O) groups is 2. The lowest BCUT2D eigenvalue weighted by Gasteiger charge is -2.18. The van der Waals surface area contributed by atoms with Crippen LogP contribution in [0.1, 0.15) is 25.6 Å². The van der Waals surface area contributed by atoms with Crippen LogP contribution < -0.4 is 11.2 Å². The van der Waals surface area contributed by atoms with Crippen LogP contribution in [0.4, 0.5) is 4.39 Å². The number of aliphatic hydroxyl groups excluding tert-OH is 1. The number of aromatic amines is 1. The van der Waals surface area contributed by atoms with Crippen molar-refractivity contribution < 1.29 is 33.3 Å². The highest BCUT2D eigenvalue weighted by Crippen LogP contribution is 2.33. The summed E-state index contributed by atoms with van der Waals surface area (Å²) in [7, 11) is 0. The van der Waals surface area contributed by atoms with Crippen LogP contribution in [0.2, 0.25) is 0 Å². The second kappa shape index (κ2) is 8.73. The van der Waals surface area contributed by atoms with E-state index in [1.807, 2.05) is 4.98 Å². The molecule has 0 spiro atoms. The van der Waals surface area contributed by atoms with Crippen LogP contribution >= 0.6 is 0 Å². The Labute approximate surface area is 152 Å². The number of alkyl halides is 1. The van der Waals surface area contributed by atoms with E-state index in [0.717, 1.165) is 24.6 Å². The molecule has 0 bridgehead atoms. The quantitative estimate of drug-likeness (QED) is 0.611. The monoisotopic (exact) mass is 386 g/mol. The van der Waals surface area contributed by atoms with Gasteiger partial charge in [0.15, 0.2) is 18.5 Å². The van der Waals surface area contributed by atoms with E-state index in [2.05, 4.69) is 0 Å². The normalized spacial score (nSPS) is 24.9. The molecule has 0 aliphatic carbocycles. The number of hydrogen-bond donors (Lipinski definition) is 2. The molecule has 1 aliphatic rings. The number of hydrogen-bond acceptors (Lipinski definition) is 8. The Balaban J connectivity index is 2.38. The molecule has 0 radical (unpaired) electrons. The molecule has 2 N–H and O–H groups in total. The van der Waals surface area contributed by atoms with Gasteiger partial charge in [0.25, 0.3) is 5.56 Å². The first-order valence-corrected chi connectivity index (χ1v) is 7.97. The smallest absolute Gasteiger partial charge is 0.330 e. The Morgan fingerprint density at radius 3 is 2.67 bits per heavy atom. The summed E-state index contributed by atoms with van der Waals surface area (Å²) in [6, 6.07) is 0. The van der Waals surface area contributed by atoms with Crippen molar-refractivity contribution in [2.75, 3.05) is 13.2 Å². The molecule has 1 aromatic rings. The number of halogens is 1. The summed E-state index contributed by atoms with van der Waals surface area (Å²) in [6.07, 6.45) is -2.49. The first-order valence-electron chi connectivity index (χ1n) is 7.97. The molecule has 10 nitrogen and oxygen atoms in total. The van der Waals surface area contributed by atoms with Gasteiger partial charge < -0.3 is 19.3 Å². The van der Waals surface area contributed by atoms with Crippen LogP contribution in [0.5, 0.6) is 0 Å². The van der Waals surface area contributed by atoms with Gasteiger partial charge in [0.2, 0.25) is 0 Å². The average Bonchev–Trinajstić information content (AvgIpc) is 2.88. The molecule has 27 heavy (non-hydrogen) atoms. The van der Waals surface area contributed by atoms with Gasteiger partial charge in [-0.3, -0.25) is 23.9 Å². The highest BCUT2D eigenvalue weighted by molar-refractivity contribution is 5.66. The summed E-state index contributed by atoms with van der Waals surface area (Å²) < 4.78 is 30.8. The van der Waals surface area contributed by atoms with Crippen molar-refractivity contribution >= 4 is 18.0 Å². The fraction of sp³-hybridized carbons (Fsp3) is 0.500. The summed E-state index contributed by atoms with van der Waals surface area (Å²) in [5, 5.41) is 8.81. The number of H-pyrrole nitrogens is 1. The molecular weight excluding hydrogens is 367 g/mol. The van der Waals surface area contributed by atoms with Crippen LogP contribution in [-0.4, -0.2) is 58.2 Å². The summed E-state index contributed by atoms with van der Waals surface area (Å²) in [5.74, 6) is -1.42.